The number of carbonyl (C=O) groups excluding carboxylic acids is 1. The second-order valence-electron chi connectivity index (χ2n) is 7.31. The van der Waals surface area contributed by atoms with Gasteiger partial charge >= 0.3 is 0 Å². The van der Waals surface area contributed by atoms with E-state index in [2.05, 4.69) is 10.3 Å². The average Bonchev–Trinajstić information content (AvgIpc) is 3.01. The van der Waals surface area contributed by atoms with Crippen molar-refractivity contribution in [3.05, 3.63) is 35.8 Å². The smallest absolute Gasteiger partial charge is 0.222 e. The first-order valence-electron chi connectivity index (χ1n) is 9.58. The standard InChI is InChI=1S/C20H25N5O/c21-18(26)14-5-2-1-3-7-16(14)24-20-15-6-4-8-17(15)23-19(25-20)13-9-11-22-12-10-13/h9-12,14,16H,1-8H2,(H2,21,26)(H,23,24,25)/t14-,16-/m1/s1. The summed E-state index contributed by atoms with van der Waals surface area (Å²) in [6, 6.07) is 3.91. The molecule has 1 fully saturated rings. The predicted molar refractivity (Wildman–Crippen MR) is 100 cm³/mol. The number of fused-ring (bicyclic) bond motifs is 1. The van der Waals surface area contributed by atoms with Gasteiger partial charge in [0.15, 0.2) is 5.82 Å². The highest BCUT2D eigenvalue weighted by molar-refractivity contribution is 5.78. The maximum absolute atomic E-state index is 12.0. The highest BCUT2D eigenvalue weighted by Gasteiger charge is 2.30. The van der Waals surface area contributed by atoms with Crippen molar-refractivity contribution in [2.24, 2.45) is 11.7 Å². The molecule has 0 spiro atoms. The zero-order valence-electron chi connectivity index (χ0n) is 14.9. The Morgan fingerprint density at radius 1 is 1.04 bits per heavy atom. The molecular formula is C20H25N5O. The number of anilines is 1. The number of carbonyl (C=O) groups is 1. The van der Waals surface area contributed by atoms with E-state index in [0.717, 1.165) is 74.3 Å². The maximum Gasteiger partial charge on any atom is 0.222 e. The van der Waals surface area contributed by atoms with Crippen LogP contribution in [-0.4, -0.2) is 26.9 Å². The molecule has 2 aromatic heterocycles. The molecule has 0 aliphatic heterocycles. The minimum atomic E-state index is -0.204. The van der Waals surface area contributed by atoms with E-state index in [4.69, 9.17) is 15.7 Å². The van der Waals surface area contributed by atoms with Gasteiger partial charge in [0, 0.05) is 35.3 Å². The van der Waals surface area contributed by atoms with E-state index < -0.39 is 0 Å². The fourth-order valence-electron chi connectivity index (χ4n) is 4.18. The van der Waals surface area contributed by atoms with Gasteiger partial charge in [-0.2, -0.15) is 0 Å². The normalized spacial score (nSPS) is 22.5. The van der Waals surface area contributed by atoms with Crippen molar-refractivity contribution in [3.63, 3.8) is 0 Å². The lowest BCUT2D eigenvalue weighted by molar-refractivity contribution is -0.122. The molecule has 2 aliphatic rings. The third kappa shape index (κ3) is 3.41. The van der Waals surface area contributed by atoms with Gasteiger partial charge in [-0.1, -0.05) is 19.3 Å². The molecular weight excluding hydrogens is 326 g/mol. The number of nitrogens with zero attached hydrogens (tertiary/aromatic N) is 3. The minimum absolute atomic E-state index is 0.0555. The van der Waals surface area contributed by atoms with Crippen LogP contribution in [0.3, 0.4) is 0 Å². The van der Waals surface area contributed by atoms with Crippen LogP contribution < -0.4 is 11.1 Å². The van der Waals surface area contributed by atoms with Crippen molar-refractivity contribution in [2.45, 2.75) is 57.4 Å². The van der Waals surface area contributed by atoms with Gasteiger partial charge in [-0.15, -0.1) is 0 Å². The molecule has 0 aromatic carbocycles. The third-order valence-electron chi connectivity index (χ3n) is 5.58. The summed E-state index contributed by atoms with van der Waals surface area (Å²) < 4.78 is 0. The third-order valence-corrected chi connectivity index (χ3v) is 5.58. The zero-order valence-corrected chi connectivity index (χ0v) is 14.9. The summed E-state index contributed by atoms with van der Waals surface area (Å²) in [5.74, 6) is 1.27. The molecule has 4 rings (SSSR count). The lowest BCUT2D eigenvalue weighted by Gasteiger charge is -2.25. The molecule has 0 radical (unpaired) electrons. The van der Waals surface area contributed by atoms with E-state index in [0.29, 0.717) is 0 Å². The zero-order chi connectivity index (χ0) is 17.9. The highest BCUT2D eigenvalue weighted by atomic mass is 16.1. The second-order valence-corrected chi connectivity index (χ2v) is 7.31. The van der Waals surface area contributed by atoms with Gasteiger partial charge in [0.2, 0.25) is 5.91 Å². The fourth-order valence-corrected chi connectivity index (χ4v) is 4.18. The van der Waals surface area contributed by atoms with Crippen LogP contribution in [0.25, 0.3) is 11.4 Å². The van der Waals surface area contributed by atoms with Gasteiger partial charge in [0.05, 0.1) is 5.92 Å². The van der Waals surface area contributed by atoms with E-state index in [9.17, 15) is 4.79 Å². The molecule has 2 atom stereocenters. The summed E-state index contributed by atoms with van der Waals surface area (Å²) >= 11 is 0. The number of pyridine rings is 1. The van der Waals surface area contributed by atoms with Crippen LogP contribution in [0.1, 0.15) is 49.8 Å². The molecule has 0 saturated heterocycles. The number of aryl methyl sites for hydroxylation is 1. The summed E-state index contributed by atoms with van der Waals surface area (Å²) in [6.45, 7) is 0. The van der Waals surface area contributed by atoms with Crippen molar-refractivity contribution in [1.82, 2.24) is 15.0 Å². The van der Waals surface area contributed by atoms with E-state index >= 15 is 0 Å². The molecule has 1 saturated carbocycles. The Labute approximate surface area is 153 Å². The molecule has 6 nitrogen and oxygen atoms in total. The van der Waals surface area contributed by atoms with E-state index in [1.54, 1.807) is 12.4 Å². The van der Waals surface area contributed by atoms with Crippen LogP contribution in [0.15, 0.2) is 24.5 Å². The van der Waals surface area contributed by atoms with Crippen LogP contribution in [0, 0.1) is 5.92 Å². The van der Waals surface area contributed by atoms with Crippen molar-refractivity contribution in [1.29, 1.82) is 0 Å². The first kappa shape index (κ1) is 16.9. The largest absolute Gasteiger partial charge is 0.369 e. The second kappa shape index (κ2) is 7.40. The first-order chi connectivity index (χ1) is 12.7. The van der Waals surface area contributed by atoms with Gasteiger partial charge in [-0.05, 0) is 44.2 Å². The number of amides is 1. The number of primary amides is 1. The molecule has 26 heavy (non-hydrogen) atoms. The van der Waals surface area contributed by atoms with Crippen molar-refractivity contribution in [2.75, 3.05) is 5.32 Å². The number of nitrogens with one attached hydrogen (secondary N) is 1. The molecule has 3 N–H and O–H groups in total. The van der Waals surface area contributed by atoms with Crippen LogP contribution in [0.4, 0.5) is 5.82 Å². The average molecular weight is 351 g/mol. The lowest BCUT2D eigenvalue weighted by Crippen LogP contribution is -2.38. The number of rotatable bonds is 4. The highest BCUT2D eigenvalue weighted by Crippen LogP contribution is 2.32. The summed E-state index contributed by atoms with van der Waals surface area (Å²) in [6.07, 6.45) is 11.7. The van der Waals surface area contributed by atoms with Crippen molar-refractivity contribution >= 4 is 11.7 Å². The first-order valence-corrected chi connectivity index (χ1v) is 9.58. The fraction of sp³-hybridized carbons (Fsp3) is 0.500. The Morgan fingerprint density at radius 3 is 2.65 bits per heavy atom. The molecule has 2 aromatic rings. The molecule has 136 valence electrons. The van der Waals surface area contributed by atoms with Crippen LogP contribution in [0.2, 0.25) is 0 Å². The maximum atomic E-state index is 12.0. The summed E-state index contributed by atoms with van der Waals surface area (Å²) in [5.41, 5.74) is 8.99. The Hall–Kier alpha value is -2.50. The van der Waals surface area contributed by atoms with Gasteiger partial charge in [0.1, 0.15) is 5.82 Å². The molecule has 0 unspecified atom stereocenters. The van der Waals surface area contributed by atoms with Crippen LogP contribution in [0.5, 0.6) is 0 Å². The number of nitrogens with two attached hydrogens (primary N) is 1. The Morgan fingerprint density at radius 2 is 1.85 bits per heavy atom. The topological polar surface area (TPSA) is 93.8 Å². The Balaban J connectivity index is 1.69. The number of aromatic nitrogens is 3. The van der Waals surface area contributed by atoms with Gasteiger partial charge < -0.3 is 11.1 Å². The van der Waals surface area contributed by atoms with Gasteiger partial charge in [0.25, 0.3) is 0 Å². The molecule has 0 bridgehead atoms. The number of hydrogen-bond donors (Lipinski definition) is 2. The van der Waals surface area contributed by atoms with Gasteiger partial charge in [-0.25, -0.2) is 9.97 Å². The molecule has 2 heterocycles. The summed E-state index contributed by atoms with van der Waals surface area (Å²) in [5, 5.41) is 3.60. The number of hydrogen-bond acceptors (Lipinski definition) is 5. The minimum Gasteiger partial charge on any atom is -0.369 e. The Bertz CT molecular complexity index is 792. The SMILES string of the molecule is NC(=O)[C@@H]1CCCCC[C@H]1Nc1nc(-c2ccncc2)nc2c1CCC2. The van der Waals surface area contributed by atoms with Crippen LogP contribution >= 0.6 is 0 Å². The monoisotopic (exact) mass is 351 g/mol. The predicted octanol–water partition coefficient (Wildman–Crippen LogP) is 2.87. The van der Waals surface area contributed by atoms with E-state index in [1.165, 1.54) is 5.56 Å². The summed E-state index contributed by atoms with van der Waals surface area (Å²) in [4.78, 5) is 25.7. The van der Waals surface area contributed by atoms with Crippen molar-refractivity contribution < 1.29 is 4.79 Å². The molecule has 1 amide bonds. The van der Waals surface area contributed by atoms with Crippen molar-refractivity contribution in [3.8, 4) is 11.4 Å². The molecule has 2 aliphatic carbocycles. The quantitative estimate of drug-likeness (QED) is 0.826. The Kier molecular flexibility index (Phi) is 4.82. The lowest BCUT2D eigenvalue weighted by atomic mass is 9.94. The van der Waals surface area contributed by atoms with Gasteiger partial charge in [-0.3, -0.25) is 9.78 Å². The molecule has 6 heteroatoms. The van der Waals surface area contributed by atoms with E-state index in [-0.39, 0.29) is 17.9 Å². The van der Waals surface area contributed by atoms with Crippen LogP contribution in [-0.2, 0) is 17.6 Å². The summed E-state index contributed by atoms with van der Waals surface area (Å²) in [7, 11) is 0. The van der Waals surface area contributed by atoms with E-state index in [1.807, 2.05) is 12.1 Å².